The predicted molar refractivity (Wildman–Crippen MR) is 96.8 cm³/mol. The molecule has 0 saturated heterocycles. The van der Waals surface area contributed by atoms with Crippen LogP contribution in [0.4, 0.5) is 11.4 Å². The van der Waals surface area contributed by atoms with Gasteiger partial charge in [-0.2, -0.15) is 0 Å². The maximum Gasteiger partial charge on any atom is 0.350 e. The summed E-state index contributed by atoms with van der Waals surface area (Å²) < 4.78 is 29.0. The van der Waals surface area contributed by atoms with E-state index in [1.54, 1.807) is 49.3 Å². The smallest absolute Gasteiger partial charge is 0.350 e. The molecule has 1 aromatic carbocycles. The summed E-state index contributed by atoms with van der Waals surface area (Å²) in [5, 5.41) is 9.83. The number of rotatable bonds is 9. The second kappa shape index (κ2) is 8.85. The van der Waals surface area contributed by atoms with Crippen molar-refractivity contribution in [2.75, 3.05) is 31.5 Å². The summed E-state index contributed by atoms with van der Waals surface area (Å²) in [6.07, 6.45) is 3.32. The third-order valence-corrected chi connectivity index (χ3v) is 5.33. The lowest BCUT2D eigenvalue weighted by molar-refractivity contribution is 0.220. The molecule has 0 saturated carbocycles. The third-order valence-electron chi connectivity index (χ3n) is 3.40. The number of ether oxygens (including phenoxy) is 1. The van der Waals surface area contributed by atoms with Crippen molar-refractivity contribution < 1.29 is 23.5 Å². The van der Waals surface area contributed by atoms with Crippen molar-refractivity contribution in [2.45, 2.75) is 13.8 Å². The van der Waals surface area contributed by atoms with Crippen LogP contribution in [0.15, 0.2) is 42.7 Å². The van der Waals surface area contributed by atoms with Crippen LogP contribution in [-0.2, 0) is 13.6 Å². The molecule has 0 aliphatic rings. The first-order valence-corrected chi connectivity index (χ1v) is 9.68. The Balaban J connectivity index is 2.45. The maximum atomic E-state index is 13.0. The van der Waals surface area contributed by atoms with Crippen molar-refractivity contribution in [3.63, 3.8) is 0 Å². The van der Waals surface area contributed by atoms with Crippen molar-refractivity contribution in [1.29, 1.82) is 0 Å². The van der Waals surface area contributed by atoms with Crippen LogP contribution in [-0.4, -0.2) is 36.7 Å². The van der Waals surface area contributed by atoms with E-state index in [9.17, 15) is 9.67 Å². The number of benzene rings is 1. The van der Waals surface area contributed by atoms with Crippen LogP contribution in [0.5, 0.6) is 11.5 Å². The molecule has 1 heterocycles. The van der Waals surface area contributed by atoms with Gasteiger partial charge in [0.15, 0.2) is 11.5 Å². The highest BCUT2D eigenvalue weighted by Gasteiger charge is 2.29. The van der Waals surface area contributed by atoms with Gasteiger partial charge < -0.3 is 23.8 Å². The van der Waals surface area contributed by atoms with Crippen LogP contribution in [0, 0.1) is 0 Å². The topological polar surface area (TPSA) is 81.1 Å². The van der Waals surface area contributed by atoms with E-state index >= 15 is 0 Å². The number of hydrogen-bond donors (Lipinski definition) is 1. The number of phenolic OH excluding ortho intramolecular Hbond substituents is 1. The van der Waals surface area contributed by atoms with Gasteiger partial charge in [-0.25, -0.2) is 0 Å². The molecule has 0 aliphatic carbocycles. The molecule has 0 bridgehead atoms. The maximum absolute atomic E-state index is 13.0. The van der Waals surface area contributed by atoms with Gasteiger partial charge in [0.05, 0.1) is 32.2 Å². The molecular weight excluding hydrogens is 343 g/mol. The standard InChI is InChI=1S/C17H23N2O5P/c1-4-23-25(21,24-5-2)13-19(15-7-6-10-18-12-15)14-8-9-16(20)17(11-14)22-3/h6-12,20H,4-5,13H2,1-3H3. The minimum absolute atomic E-state index is 0.00824. The normalized spacial score (nSPS) is 11.3. The van der Waals surface area contributed by atoms with E-state index in [1.807, 2.05) is 6.07 Å². The fourth-order valence-electron chi connectivity index (χ4n) is 2.35. The summed E-state index contributed by atoms with van der Waals surface area (Å²) in [5.74, 6) is 0.337. The van der Waals surface area contributed by atoms with Gasteiger partial charge in [-0.3, -0.25) is 9.55 Å². The molecule has 7 nitrogen and oxygen atoms in total. The molecule has 2 aromatic rings. The molecule has 0 unspecified atom stereocenters. The highest BCUT2D eigenvalue weighted by Crippen LogP contribution is 2.51. The lowest BCUT2D eigenvalue weighted by Gasteiger charge is -2.28. The monoisotopic (exact) mass is 366 g/mol. The molecule has 2 rings (SSSR count). The summed E-state index contributed by atoms with van der Waals surface area (Å²) >= 11 is 0. The quantitative estimate of drug-likeness (QED) is 0.668. The Bertz CT molecular complexity index is 716. The zero-order valence-corrected chi connectivity index (χ0v) is 15.5. The molecule has 1 aromatic heterocycles. The average Bonchev–Trinajstić information content (AvgIpc) is 2.61. The van der Waals surface area contributed by atoms with Crippen LogP contribution >= 0.6 is 7.60 Å². The van der Waals surface area contributed by atoms with E-state index in [-0.39, 0.29) is 25.2 Å². The summed E-state index contributed by atoms with van der Waals surface area (Å²) in [6.45, 7) is 4.08. The Hall–Kier alpha value is -2.08. The summed E-state index contributed by atoms with van der Waals surface area (Å²) in [7, 11) is -1.88. The first kappa shape index (κ1) is 19.2. The lowest BCUT2D eigenvalue weighted by Crippen LogP contribution is -2.20. The third kappa shape index (κ3) is 4.95. The van der Waals surface area contributed by atoms with Gasteiger partial charge in [-0.1, -0.05) is 0 Å². The van der Waals surface area contributed by atoms with E-state index in [1.165, 1.54) is 13.2 Å². The van der Waals surface area contributed by atoms with E-state index < -0.39 is 7.60 Å². The number of aromatic hydroxyl groups is 1. The van der Waals surface area contributed by atoms with Gasteiger partial charge in [0.25, 0.3) is 0 Å². The Labute approximate surface area is 147 Å². The Morgan fingerprint density at radius 3 is 2.44 bits per heavy atom. The number of anilines is 2. The summed E-state index contributed by atoms with van der Waals surface area (Å²) in [4.78, 5) is 5.88. The van der Waals surface area contributed by atoms with Crippen molar-refractivity contribution in [1.82, 2.24) is 4.98 Å². The highest BCUT2D eigenvalue weighted by molar-refractivity contribution is 7.54. The largest absolute Gasteiger partial charge is 0.504 e. The number of methoxy groups -OCH3 is 1. The number of pyridine rings is 1. The van der Waals surface area contributed by atoms with Gasteiger partial charge in [-0.05, 0) is 38.1 Å². The number of hydrogen-bond acceptors (Lipinski definition) is 7. The molecule has 0 atom stereocenters. The molecular formula is C17H23N2O5P. The first-order valence-electron chi connectivity index (χ1n) is 7.95. The van der Waals surface area contributed by atoms with E-state index in [0.29, 0.717) is 11.4 Å². The highest BCUT2D eigenvalue weighted by atomic mass is 31.2. The SMILES string of the molecule is CCOP(=O)(CN(c1cccnc1)c1ccc(O)c(OC)c1)OCC. The van der Waals surface area contributed by atoms with Gasteiger partial charge >= 0.3 is 7.60 Å². The molecule has 0 radical (unpaired) electrons. The van der Waals surface area contributed by atoms with E-state index in [2.05, 4.69) is 4.98 Å². The number of aromatic nitrogens is 1. The lowest BCUT2D eigenvalue weighted by atomic mass is 10.2. The number of nitrogens with zero attached hydrogens (tertiary/aromatic N) is 2. The molecule has 0 spiro atoms. The zero-order chi connectivity index (χ0) is 18.3. The Morgan fingerprint density at radius 2 is 1.88 bits per heavy atom. The van der Waals surface area contributed by atoms with Gasteiger partial charge in [0.1, 0.15) is 6.29 Å². The van der Waals surface area contributed by atoms with Crippen molar-refractivity contribution >= 4 is 19.0 Å². The Kier molecular flexibility index (Phi) is 6.82. The Morgan fingerprint density at radius 1 is 1.16 bits per heavy atom. The molecule has 136 valence electrons. The minimum Gasteiger partial charge on any atom is -0.504 e. The van der Waals surface area contributed by atoms with Crippen molar-refractivity contribution in [2.24, 2.45) is 0 Å². The second-order valence-corrected chi connectivity index (χ2v) is 7.10. The molecule has 0 aliphatic heterocycles. The zero-order valence-electron chi connectivity index (χ0n) is 14.6. The average molecular weight is 366 g/mol. The van der Waals surface area contributed by atoms with Gasteiger partial charge in [0.2, 0.25) is 0 Å². The van der Waals surface area contributed by atoms with Crippen molar-refractivity contribution in [3.05, 3.63) is 42.7 Å². The predicted octanol–water partition coefficient (Wildman–Crippen LogP) is 4.16. The second-order valence-electron chi connectivity index (χ2n) is 5.08. The molecule has 0 amide bonds. The summed E-state index contributed by atoms with van der Waals surface area (Å²) in [6, 6.07) is 8.50. The fourth-order valence-corrected chi connectivity index (χ4v) is 4.04. The van der Waals surface area contributed by atoms with Crippen LogP contribution < -0.4 is 9.64 Å². The molecule has 8 heteroatoms. The molecule has 25 heavy (non-hydrogen) atoms. The van der Waals surface area contributed by atoms with Crippen molar-refractivity contribution in [3.8, 4) is 11.5 Å². The van der Waals surface area contributed by atoms with E-state index in [0.717, 1.165) is 5.69 Å². The van der Waals surface area contributed by atoms with Gasteiger partial charge in [0, 0.05) is 18.0 Å². The van der Waals surface area contributed by atoms with Crippen LogP contribution in [0.1, 0.15) is 13.8 Å². The first-order chi connectivity index (χ1) is 12.0. The van der Waals surface area contributed by atoms with Gasteiger partial charge in [-0.15, -0.1) is 0 Å². The molecule has 1 N–H and O–H groups in total. The van der Waals surface area contributed by atoms with Crippen LogP contribution in [0.2, 0.25) is 0 Å². The minimum atomic E-state index is -3.35. The molecule has 0 fully saturated rings. The summed E-state index contributed by atoms with van der Waals surface area (Å²) in [5.41, 5.74) is 1.39. The fraction of sp³-hybridized carbons (Fsp3) is 0.353. The van der Waals surface area contributed by atoms with Crippen LogP contribution in [0.25, 0.3) is 0 Å². The van der Waals surface area contributed by atoms with Crippen LogP contribution in [0.3, 0.4) is 0 Å². The van der Waals surface area contributed by atoms with E-state index in [4.69, 9.17) is 13.8 Å². The number of phenols is 1.